The van der Waals surface area contributed by atoms with Gasteiger partial charge in [0.2, 0.25) is 0 Å². The van der Waals surface area contributed by atoms with E-state index in [4.69, 9.17) is 19.4 Å². The van der Waals surface area contributed by atoms with Gasteiger partial charge in [0.1, 0.15) is 11.2 Å². The van der Waals surface area contributed by atoms with Gasteiger partial charge in [0.15, 0.2) is 17.5 Å². The molecule has 0 saturated carbocycles. The molecule has 2 aromatic heterocycles. The van der Waals surface area contributed by atoms with E-state index in [1.54, 1.807) is 0 Å². The van der Waals surface area contributed by atoms with Crippen molar-refractivity contribution in [1.82, 2.24) is 15.0 Å². The first-order chi connectivity index (χ1) is 25.2. The smallest absolute Gasteiger partial charge is 0.164 e. The molecule has 10 aromatic rings. The minimum Gasteiger partial charge on any atom is -0.456 e. The third kappa shape index (κ3) is 5.22. The Hall–Kier alpha value is -6.91. The summed E-state index contributed by atoms with van der Waals surface area (Å²) in [4.78, 5) is 15.4. The lowest BCUT2D eigenvalue weighted by Crippen LogP contribution is -2.00. The Kier molecular flexibility index (Phi) is 6.78. The summed E-state index contributed by atoms with van der Waals surface area (Å²) in [6, 6.07) is 61.1. The van der Waals surface area contributed by atoms with Crippen molar-refractivity contribution in [2.45, 2.75) is 0 Å². The fourth-order valence-corrected chi connectivity index (χ4v) is 7.10. The molecule has 51 heavy (non-hydrogen) atoms. The predicted octanol–water partition coefficient (Wildman–Crippen LogP) is 12.4. The van der Waals surface area contributed by atoms with Crippen LogP contribution in [0.4, 0.5) is 0 Å². The lowest BCUT2D eigenvalue weighted by atomic mass is 9.95. The van der Waals surface area contributed by atoms with Crippen molar-refractivity contribution in [3.8, 4) is 56.4 Å². The highest BCUT2D eigenvalue weighted by Gasteiger charge is 2.19. The molecule has 4 nitrogen and oxygen atoms in total. The second-order valence-electron chi connectivity index (χ2n) is 12.9. The third-order valence-corrected chi connectivity index (χ3v) is 9.69. The molecule has 0 spiro atoms. The van der Waals surface area contributed by atoms with Crippen LogP contribution < -0.4 is 0 Å². The molecule has 0 saturated heterocycles. The number of benzene rings is 8. The molecular formula is C47H29N3O. The van der Waals surface area contributed by atoms with Gasteiger partial charge in [0.05, 0.1) is 0 Å². The van der Waals surface area contributed by atoms with Crippen molar-refractivity contribution in [1.29, 1.82) is 0 Å². The van der Waals surface area contributed by atoms with Crippen molar-refractivity contribution >= 4 is 43.5 Å². The highest BCUT2D eigenvalue weighted by Crippen LogP contribution is 2.41. The molecule has 0 atom stereocenters. The van der Waals surface area contributed by atoms with E-state index >= 15 is 0 Å². The zero-order valence-electron chi connectivity index (χ0n) is 27.5. The van der Waals surface area contributed by atoms with Crippen LogP contribution in [0, 0.1) is 0 Å². The number of rotatable bonds is 5. The molecular weight excluding hydrogens is 623 g/mol. The number of nitrogens with zero attached hydrogens (tertiary/aromatic N) is 3. The molecule has 8 aromatic carbocycles. The fourth-order valence-electron chi connectivity index (χ4n) is 7.10. The largest absolute Gasteiger partial charge is 0.456 e. The van der Waals surface area contributed by atoms with Gasteiger partial charge in [0, 0.05) is 27.5 Å². The molecule has 0 amide bonds. The fraction of sp³-hybridized carbons (Fsp3) is 0. The minimum atomic E-state index is 0.583. The van der Waals surface area contributed by atoms with Crippen molar-refractivity contribution in [3.63, 3.8) is 0 Å². The molecule has 0 unspecified atom stereocenters. The molecule has 10 rings (SSSR count). The van der Waals surface area contributed by atoms with E-state index < -0.39 is 0 Å². The lowest BCUT2D eigenvalue weighted by Gasteiger charge is -2.12. The van der Waals surface area contributed by atoms with Crippen LogP contribution in [-0.4, -0.2) is 15.0 Å². The van der Waals surface area contributed by atoms with Gasteiger partial charge < -0.3 is 4.42 Å². The Morgan fingerprint density at radius 2 is 0.824 bits per heavy atom. The third-order valence-electron chi connectivity index (χ3n) is 9.69. The van der Waals surface area contributed by atoms with E-state index in [2.05, 4.69) is 158 Å². The second-order valence-corrected chi connectivity index (χ2v) is 12.9. The zero-order valence-corrected chi connectivity index (χ0v) is 27.5. The van der Waals surface area contributed by atoms with Gasteiger partial charge in [-0.15, -0.1) is 0 Å². The van der Waals surface area contributed by atoms with E-state index in [9.17, 15) is 0 Å². The average Bonchev–Trinajstić information content (AvgIpc) is 3.59. The van der Waals surface area contributed by atoms with E-state index in [0.29, 0.717) is 17.5 Å². The Labute approximate surface area is 294 Å². The summed E-state index contributed by atoms with van der Waals surface area (Å²) in [5, 5.41) is 6.84. The van der Waals surface area contributed by atoms with Crippen LogP contribution in [-0.2, 0) is 0 Å². The van der Waals surface area contributed by atoms with Crippen molar-refractivity contribution in [3.05, 3.63) is 176 Å². The maximum Gasteiger partial charge on any atom is 0.164 e. The summed E-state index contributed by atoms with van der Waals surface area (Å²) in [6.07, 6.45) is 0. The highest BCUT2D eigenvalue weighted by atomic mass is 16.3. The molecule has 0 aliphatic heterocycles. The summed E-state index contributed by atoms with van der Waals surface area (Å²) < 4.78 is 6.53. The second kappa shape index (κ2) is 11.9. The van der Waals surface area contributed by atoms with Gasteiger partial charge in [0.25, 0.3) is 0 Å². The first kappa shape index (κ1) is 29.0. The minimum absolute atomic E-state index is 0.583. The number of aromatic nitrogens is 3. The number of hydrogen-bond acceptors (Lipinski definition) is 4. The number of furan rings is 1. The Balaban J connectivity index is 1.19. The molecule has 0 aliphatic carbocycles. The van der Waals surface area contributed by atoms with Crippen LogP contribution in [0.5, 0.6) is 0 Å². The molecule has 238 valence electrons. The van der Waals surface area contributed by atoms with Crippen LogP contribution in [0.1, 0.15) is 0 Å². The standard InChI is InChI=1S/C47H29N3O/c1-2-10-30(11-3-1)33-18-22-34(23-19-33)45-48-46(38-25-21-32-13-5-7-15-36(32)27-38)50-47(49-45)39-28-41(37-24-20-31-12-4-6-14-35(31)26-37)44-40-16-8-9-17-42(40)51-43(44)29-39/h1-29H. The van der Waals surface area contributed by atoms with E-state index in [0.717, 1.165) is 66.3 Å². The highest BCUT2D eigenvalue weighted by molar-refractivity contribution is 6.14. The molecule has 0 N–H and O–H groups in total. The number of fused-ring (bicyclic) bond motifs is 5. The van der Waals surface area contributed by atoms with Gasteiger partial charge in [-0.2, -0.15) is 0 Å². The summed E-state index contributed by atoms with van der Waals surface area (Å²) in [5.41, 5.74) is 8.82. The molecule has 2 heterocycles. The zero-order chi connectivity index (χ0) is 33.7. The maximum absolute atomic E-state index is 6.53. The van der Waals surface area contributed by atoms with Crippen molar-refractivity contribution in [2.75, 3.05) is 0 Å². The quantitative estimate of drug-likeness (QED) is 0.186. The van der Waals surface area contributed by atoms with Crippen LogP contribution in [0.15, 0.2) is 180 Å². The van der Waals surface area contributed by atoms with E-state index in [-0.39, 0.29) is 0 Å². The summed E-state index contributed by atoms with van der Waals surface area (Å²) in [5.74, 6) is 1.81. The van der Waals surface area contributed by atoms with Gasteiger partial charge in [-0.3, -0.25) is 0 Å². The SMILES string of the molecule is c1ccc(-c2ccc(-c3nc(-c4ccc5ccccc5c4)nc(-c4cc(-c5ccc6ccccc6c5)c5c(c4)oc4ccccc45)n3)cc2)cc1. The van der Waals surface area contributed by atoms with Gasteiger partial charge in [-0.1, -0.05) is 146 Å². The van der Waals surface area contributed by atoms with Gasteiger partial charge >= 0.3 is 0 Å². The molecule has 0 bridgehead atoms. The van der Waals surface area contributed by atoms with E-state index in [1.807, 2.05) is 18.2 Å². The Morgan fingerprint density at radius 3 is 1.55 bits per heavy atom. The van der Waals surface area contributed by atoms with E-state index in [1.165, 1.54) is 16.2 Å². The number of hydrogen-bond donors (Lipinski definition) is 0. The Morgan fingerprint density at radius 1 is 0.314 bits per heavy atom. The molecule has 0 fully saturated rings. The maximum atomic E-state index is 6.53. The molecule has 4 heteroatoms. The predicted molar refractivity (Wildman–Crippen MR) is 209 cm³/mol. The van der Waals surface area contributed by atoms with Gasteiger partial charge in [-0.25, -0.2) is 15.0 Å². The Bertz CT molecular complexity index is 2910. The van der Waals surface area contributed by atoms with Crippen LogP contribution in [0.3, 0.4) is 0 Å². The van der Waals surface area contributed by atoms with Crippen LogP contribution >= 0.6 is 0 Å². The monoisotopic (exact) mass is 651 g/mol. The number of para-hydroxylation sites is 1. The van der Waals surface area contributed by atoms with Gasteiger partial charge in [-0.05, 0) is 74.1 Å². The van der Waals surface area contributed by atoms with Crippen LogP contribution in [0.25, 0.3) is 99.9 Å². The first-order valence-corrected chi connectivity index (χ1v) is 17.1. The average molecular weight is 652 g/mol. The van der Waals surface area contributed by atoms with Crippen LogP contribution in [0.2, 0.25) is 0 Å². The molecule has 0 radical (unpaired) electrons. The van der Waals surface area contributed by atoms with Crippen molar-refractivity contribution < 1.29 is 4.42 Å². The summed E-state index contributed by atoms with van der Waals surface area (Å²) in [7, 11) is 0. The van der Waals surface area contributed by atoms with Crippen molar-refractivity contribution in [2.24, 2.45) is 0 Å². The normalized spacial score (nSPS) is 11.5. The first-order valence-electron chi connectivity index (χ1n) is 17.1. The summed E-state index contributed by atoms with van der Waals surface area (Å²) in [6.45, 7) is 0. The lowest BCUT2D eigenvalue weighted by molar-refractivity contribution is 0.669. The molecule has 0 aliphatic rings. The topological polar surface area (TPSA) is 51.8 Å². The summed E-state index contributed by atoms with van der Waals surface area (Å²) >= 11 is 0.